The van der Waals surface area contributed by atoms with Crippen molar-refractivity contribution in [2.75, 3.05) is 20.6 Å². The van der Waals surface area contributed by atoms with Gasteiger partial charge in [0.1, 0.15) is 23.6 Å². The van der Waals surface area contributed by atoms with Crippen molar-refractivity contribution in [2.24, 2.45) is 4.99 Å². The van der Waals surface area contributed by atoms with Crippen molar-refractivity contribution in [3.8, 4) is 0 Å². The predicted molar refractivity (Wildman–Crippen MR) is 90.8 cm³/mol. The van der Waals surface area contributed by atoms with Crippen LogP contribution in [-0.4, -0.2) is 47.1 Å². The van der Waals surface area contributed by atoms with Crippen molar-refractivity contribution in [3.05, 3.63) is 59.4 Å². The Balaban J connectivity index is 2.59. The number of aliphatic imine (C=N–C) groups is 1. The van der Waals surface area contributed by atoms with E-state index in [-0.39, 0.29) is 17.8 Å². The highest BCUT2D eigenvalue weighted by Gasteiger charge is 2.42. The Kier molecular flexibility index (Phi) is 6.27. The van der Waals surface area contributed by atoms with Crippen LogP contribution < -0.4 is 5.43 Å². The third-order valence-corrected chi connectivity index (χ3v) is 4.17. The molecular weight excluding hydrogens is 347 g/mol. The normalized spacial score (nSPS) is 15.0. The van der Waals surface area contributed by atoms with Gasteiger partial charge in [0.15, 0.2) is 5.82 Å². The molecule has 0 radical (unpaired) electrons. The first-order chi connectivity index (χ1) is 12.3. The number of nitrogens with zero attached hydrogens (tertiary/aromatic N) is 4. The molecule has 140 valence electrons. The highest BCUT2D eigenvalue weighted by Crippen LogP contribution is 2.38. The Morgan fingerprint density at radius 3 is 2.65 bits per heavy atom. The third-order valence-electron chi connectivity index (χ3n) is 4.17. The molecule has 0 bridgehead atoms. The maximum atomic E-state index is 14.5. The van der Waals surface area contributed by atoms with Crippen LogP contribution in [0, 0.1) is 17.5 Å². The molecule has 1 aromatic heterocycles. The molecule has 1 aromatic carbocycles. The van der Waals surface area contributed by atoms with Gasteiger partial charge < -0.3 is 5.11 Å². The van der Waals surface area contributed by atoms with Crippen LogP contribution in [0.25, 0.3) is 0 Å². The van der Waals surface area contributed by atoms with E-state index in [2.05, 4.69) is 20.4 Å². The van der Waals surface area contributed by atoms with E-state index in [0.717, 1.165) is 24.7 Å². The molecular formula is C17H20F3N5O. The van der Waals surface area contributed by atoms with Gasteiger partial charge in [-0.3, -0.25) is 10.0 Å². The van der Waals surface area contributed by atoms with E-state index in [1.54, 1.807) is 7.05 Å². The van der Waals surface area contributed by atoms with Crippen LogP contribution in [0.4, 0.5) is 13.2 Å². The number of aromatic nitrogens is 2. The van der Waals surface area contributed by atoms with Crippen LogP contribution in [0.15, 0.2) is 35.7 Å². The second-order valence-electron chi connectivity index (χ2n) is 5.75. The summed E-state index contributed by atoms with van der Waals surface area (Å²) in [7, 11) is 3.11. The first-order valence-electron chi connectivity index (χ1n) is 7.83. The summed E-state index contributed by atoms with van der Waals surface area (Å²) < 4.78 is 42.0. The van der Waals surface area contributed by atoms with Crippen molar-refractivity contribution in [3.63, 3.8) is 0 Å². The molecule has 2 rings (SSSR count). The molecule has 2 aromatic rings. The first kappa shape index (κ1) is 19.8. The number of nitrogens with one attached hydrogen (secondary N) is 1. The van der Waals surface area contributed by atoms with E-state index in [1.807, 2.05) is 0 Å². The average molecular weight is 367 g/mol. The minimum absolute atomic E-state index is 0.0873. The molecule has 0 spiro atoms. The zero-order valence-electron chi connectivity index (χ0n) is 14.6. The molecule has 0 fully saturated rings. The molecule has 0 saturated carbocycles. The minimum Gasteiger partial charge on any atom is -0.382 e. The summed E-state index contributed by atoms with van der Waals surface area (Å²) in [6.07, 6.45) is 3.48. The summed E-state index contributed by atoms with van der Waals surface area (Å²) in [6, 6.07) is 2.84. The van der Waals surface area contributed by atoms with Crippen LogP contribution in [0.2, 0.25) is 0 Å². The number of halogens is 3. The topological polar surface area (TPSA) is 73.6 Å². The fraction of sp³-hybridized carbons (Fsp3) is 0.353. The zero-order chi connectivity index (χ0) is 19.3. The summed E-state index contributed by atoms with van der Waals surface area (Å²) in [5.74, 6) is -3.44. The quantitative estimate of drug-likeness (QED) is 0.445. The van der Waals surface area contributed by atoms with Crippen LogP contribution in [-0.2, 0) is 5.60 Å². The second-order valence-corrected chi connectivity index (χ2v) is 5.75. The number of aliphatic hydroxyl groups is 1. The molecule has 2 N–H and O–H groups in total. The Hall–Kier alpha value is -2.52. The third kappa shape index (κ3) is 4.00. The highest BCUT2D eigenvalue weighted by atomic mass is 19.1. The second kappa shape index (κ2) is 8.24. The molecule has 0 aliphatic rings. The maximum absolute atomic E-state index is 14.5. The van der Waals surface area contributed by atoms with Gasteiger partial charge in [-0.2, -0.15) is 0 Å². The van der Waals surface area contributed by atoms with E-state index in [9.17, 15) is 18.3 Å². The average Bonchev–Trinajstić information content (AvgIpc) is 2.61. The van der Waals surface area contributed by atoms with Gasteiger partial charge in [0.05, 0.1) is 24.8 Å². The lowest BCUT2D eigenvalue weighted by Gasteiger charge is -2.38. The summed E-state index contributed by atoms with van der Waals surface area (Å²) >= 11 is 0. The van der Waals surface area contributed by atoms with Gasteiger partial charge in [-0.15, -0.1) is 0 Å². The van der Waals surface area contributed by atoms with Crippen molar-refractivity contribution in [2.45, 2.75) is 18.4 Å². The summed E-state index contributed by atoms with van der Waals surface area (Å²) in [5.41, 5.74) is 0.561. The highest BCUT2D eigenvalue weighted by molar-refractivity contribution is 5.54. The molecule has 1 heterocycles. The maximum Gasteiger partial charge on any atom is 0.163 e. The van der Waals surface area contributed by atoms with Gasteiger partial charge in [0.2, 0.25) is 0 Å². The molecule has 0 saturated heterocycles. The molecule has 2 atom stereocenters. The molecule has 26 heavy (non-hydrogen) atoms. The van der Waals surface area contributed by atoms with Gasteiger partial charge in [0, 0.05) is 31.6 Å². The standard InChI is InChI=1S/C17H20F3N5O/c1-11(16-15(20)7-23-9-24-16)17(26,8-25(22-3)10-21-2)13-5-4-12(18)6-14(13)19/h4-7,9-11,22,26H,8H2,1-3H3. The van der Waals surface area contributed by atoms with E-state index in [4.69, 9.17) is 0 Å². The van der Waals surface area contributed by atoms with Gasteiger partial charge in [-0.1, -0.05) is 13.0 Å². The number of hydrazine groups is 1. The lowest BCUT2D eigenvalue weighted by atomic mass is 9.79. The van der Waals surface area contributed by atoms with E-state index >= 15 is 0 Å². The smallest absolute Gasteiger partial charge is 0.163 e. The molecule has 0 aliphatic carbocycles. The fourth-order valence-electron chi connectivity index (χ4n) is 2.74. The summed E-state index contributed by atoms with van der Waals surface area (Å²) in [6.45, 7) is 1.30. The van der Waals surface area contributed by atoms with Crippen molar-refractivity contribution >= 4 is 6.34 Å². The first-order valence-corrected chi connectivity index (χ1v) is 7.83. The number of benzene rings is 1. The largest absolute Gasteiger partial charge is 0.382 e. The van der Waals surface area contributed by atoms with Gasteiger partial charge in [0.25, 0.3) is 0 Å². The van der Waals surface area contributed by atoms with Crippen molar-refractivity contribution < 1.29 is 18.3 Å². The van der Waals surface area contributed by atoms with E-state index in [1.165, 1.54) is 25.3 Å². The lowest BCUT2D eigenvalue weighted by molar-refractivity contribution is -0.0175. The number of hydrogen-bond donors (Lipinski definition) is 2. The number of rotatable bonds is 7. The predicted octanol–water partition coefficient (Wildman–Crippen LogP) is 1.98. The minimum atomic E-state index is -1.95. The van der Waals surface area contributed by atoms with Gasteiger partial charge in [-0.25, -0.2) is 28.6 Å². The molecule has 0 aliphatic heterocycles. The fourth-order valence-corrected chi connectivity index (χ4v) is 2.74. The van der Waals surface area contributed by atoms with Crippen molar-refractivity contribution in [1.82, 2.24) is 20.4 Å². The van der Waals surface area contributed by atoms with E-state index < -0.39 is 29.0 Å². The SMILES string of the molecule is CN=CN(CC(O)(c1ccc(F)cc1F)C(C)c1ncncc1F)NC. The van der Waals surface area contributed by atoms with Crippen LogP contribution in [0.5, 0.6) is 0 Å². The van der Waals surface area contributed by atoms with Crippen molar-refractivity contribution in [1.29, 1.82) is 0 Å². The molecule has 2 unspecified atom stereocenters. The zero-order valence-corrected chi connectivity index (χ0v) is 14.6. The van der Waals surface area contributed by atoms with Crippen LogP contribution in [0.3, 0.4) is 0 Å². The molecule has 0 amide bonds. The summed E-state index contributed by atoms with van der Waals surface area (Å²) in [4.78, 5) is 11.3. The van der Waals surface area contributed by atoms with Gasteiger partial charge >= 0.3 is 0 Å². The monoisotopic (exact) mass is 367 g/mol. The molecule has 6 nitrogen and oxygen atoms in total. The Morgan fingerprint density at radius 1 is 1.35 bits per heavy atom. The lowest BCUT2D eigenvalue weighted by Crippen LogP contribution is -2.49. The van der Waals surface area contributed by atoms with Gasteiger partial charge in [-0.05, 0) is 6.07 Å². The molecule has 9 heteroatoms. The Bertz CT molecular complexity index is 789. The Labute approximate surface area is 149 Å². The number of hydrogen-bond acceptors (Lipinski definition) is 5. The van der Waals surface area contributed by atoms with Crippen LogP contribution in [0.1, 0.15) is 24.1 Å². The summed E-state index contributed by atoms with van der Waals surface area (Å²) in [5, 5.41) is 12.8. The van der Waals surface area contributed by atoms with E-state index in [0.29, 0.717) is 6.07 Å². The Morgan fingerprint density at radius 2 is 2.08 bits per heavy atom. The van der Waals surface area contributed by atoms with Crippen LogP contribution >= 0.6 is 0 Å².